The number of hydrogen-bond acceptors (Lipinski definition) is 6. The predicted octanol–water partition coefficient (Wildman–Crippen LogP) is 0.540. The Morgan fingerprint density at radius 3 is 2.45 bits per heavy atom. The van der Waals surface area contributed by atoms with Gasteiger partial charge in [-0.1, -0.05) is 11.6 Å². The zero-order valence-corrected chi connectivity index (χ0v) is 11.4. The fourth-order valence-electron chi connectivity index (χ4n) is 2.20. The largest absolute Gasteiger partial charge is 0.365 e. The number of halogens is 1. The monoisotopic (exact) mass is 292 g/mol. The molecule has 0 spiro atoms. The molecule has 0 amide bonds. The molecule has 2 aromatic rings. The summed E-state index contributed by atoms with van der Waals surface area (Å²) in [6.07, 6.45) is 5.04. The fourth-order valence-corrected chi connectivity index (χ4v) is 2.41. The molecule has 0 saturated carbocycles. The third-order valence-corrected chi connectivity index (χ3v) is 3.60. The van der Waals surface area contributed by atoms with Crippen LogP contribution in [0, 0.1) is 0 Å². The van der Waals surface area contributed by atoms with Crippen molar-refractivity contribution >= 4 is 23.2 Å². The summed E-state index contributed by atoms with van der Waals surface area (Å²) in [6, 6.07) is 1.79. The zero-order valence-electron chi connectivity index (χ0n) is 10.7. The van der Waals surface area contributed by atoms with E-state index >= 15 is 0 Å². The first-order chi connectivity index (χ1) is 9.75. The Kier molecular flexibility index (Phi) is 3.51. The average Bonchev–Trinajstić information content (AvgIpc) is 2.51. The SMILES string of the molecule is O=c1[nH]ncc(N2CCN(c3ncccn3)CC2)c1Cl. The van der Waals surface area contributed by atoms with E-state index in [4.69, 9.17) is 11.6 Å². The van der Waals surface area contributed by atoms with Crippen molar-refractivity contribution in [1.29, 1.82) is 0 Å². The minimum atomic E-state index is -0.363. The number of H-pyrrole nitrogens is 1. The van der Waals surface area contributed by atoms with Crippen LogP contribution in [0.3, 0.4) is 0 Å². The van der Waals surface area contributed by atoms with E-state index in [-0.39, 0.29) is 10.6 Å². The molecule has 3 heterocycles. The molecule has 1 fully saturated rings. The van der Waals surface area contributed by atoms with Crippen molar-refractivity contribution in [2.45, 2.75) is 0 Å². The van der Waals surface area contributed by atoms with Crippen molar-refractivity contribution in [2.75, 3.05) is 36.0 Å². The second-order valence-corrected chi connectivity index (χ2v) is 4.80. The standard InChI is InChI=1S/C12H13ClN6O/c13-10-9(8-16-17-11(10)20)18-4-6-19(7-5-18)12-14-2-1-3-15-12/h1-3,8H,4-7H2,(H,17,20). The highest BCUT2D eigenvalue weighted by Gasteiger charge is 2.21. The van der Waals surface area contributed by atoms with Crippen LogP contribution in [0.5, 0.6) is 0 Å². The summed E-state index contributed by atoms with van der Waals surface area (Å²) in [5.74, 6) is 0.724. The third kappa shape index (κ3) is 2.44. The summed E-state index contributed by atoms with van der Waals surface area (Å²) in [6.45, 7) is 3.02. The van der Waals surface area contributed by atoms with Crippen LogP contribution in [0.4, 0.5) is 11.6 Å². The van der Waals surface area contributed by atoms with Gasteiger partial charge in [0.05, 0.1) is 11.9 Å². The second kappa shape index (κ2) is 5.46. The van der Waals surface area contributed by atoms with Crippen molar-refractivity contribution in [3.8, 4) is 0 Å². The average molecular weight is 293 g/mol. The maximum Gasteiger partial charge on any atom is 0.285 e. The van der Waals surface area contributed by atoms with Crippen molar-refractivity contribution < 1.29 is 0 Å². The van der Waals surface area contributed by atoms with E-state index in [0.717, 1.165) is 32.1 Å². The summed E-state index contributed by atoms with van der Waals surface area (Å²) in [7, 11) is 0. The van der Waals surface area contributed by atoms with E-state index in [0.29, 0.717) is 5.69 Å². The first-order valence-electron chi connectivity index (χ1n) is 6.26. The topological polar surface area (TPSA) is 78.0 Å². The molecule has 8 heteroatoms. The minimum Gasteiger partial charge on any atom is -0.365 e. The summed E-state index contributed by atoms with van der Waals surface area (Å²) in [5, 5.41) is 6.30. The molecule has 104 valence electrons. The highest BCUT2D eigenvalue weighted by Crippen LogP contribution is 2.22. The lowest BCUT2D eigenvalue weighted by molar-refractivity contribution is 0.638. The van der Waals surface area contributed by atoms with Gasteiger partial charge in [0, 0.05) is 38.6 Å². The summed E-state index contributed by atoms with van der Waals surface area (Å²) >= 11 is 6.02. The smallest absolute Gasteiger partial charge is 0.285 e. The fraction of sp³-hybridized carbons (Fsp3) is 0.333. The molecule has 0 aromatic carbocycles. The number of piperazine rings is 1. The molecule has 2 aromatic heterocycles. The van der Waals surface area contributed by atoms with Crippen LogP contribution < -0.4 is 15.4 Å². The van der Waals surface area contributed by atoms with E-state index in [1.165, 1.54) is 0 Å². The quantitative estimate of drug-likeness (QED) is 0.870. The zero-order chi connectivity index (χ0) is 13.9. The maximum atomic E-state index is 11.5. The van der Waals surface area contributed by atoms with Gasteiger partial charge in [-0.3, -0.25) is 4.79 Å². The Labute approximate surface area is 120 Å². The van der Waals surface area contributed by atoms with Gasteiger partial charge in [-0.2, -0.15) is 5.10 Å². The molecule has 1 aliphatic rings. The lowest BCUT2D eigenvalue weighted by atomic mass is 10.3. The van der Waals surface area contributed by atoms with Gasteiger partial charge in [0.25, 0.3) is 5.56 Å². The van der Waals surface area contributed by atoms with Crippen molar-refractivity contribution in [3.05, 3.63) is 40.0 Å². The van der Waals surface area contributed by atoms with E-state index in [2.05, 4.69) is 25.1 Å². The number of rotatable bonds is 2. The molecule has 0 aliphatic carbocycles. The van der Waals surface area contributed by atoms with Crippen LogP contribution in [0.1, 0.15) is 0 Å². The summed E-state index contributed by atoms with van der Waals surface area (Å²) < 4.78 is 0. The van der Waals surface area contributed by atoms with E-state index in [9.17, 15) is 4.79 Å². The molecular formula is C12H13ClN6O. The van der Waals surface area contributed by atoms with E-state index in [1.807, 2.05) is 4.90 Å². The van der Waals surface area contributed by atoms with Gasteiger partial charge in [-0.05, 0) is 6.07 Å². The Bertz CT molecular complexity index is 638. The highest BCUT2D eigenvalue weighted by atomic mass is 35.5. The number of hydrogen-bond donors (Lipinski definition) is 1. The summed E-state index contributed by atoms with van der Waals surface area (Å²) in [4.78, 5) is 24.1. The van der Waals surface area contributed by atoms with Gasteiger partial charge in [0.1, 0.15) is 5.02 Å². The van der Waals surface area contributed by atoms with Crippen molar-refractivity contribution in [1.82, 2.24) is 20.2 Å². The van der Waals surface area contributed by atoms with Crippen LogP contribution in [0.2, 0.25) is 5.02 Å². The molecule has 0 bridgehead atoms. The number of aromatic nitrogens is 4. The van der Waals surface area contributed by atoms with Crippen molar-refractivity contribution in [3.63, 3.8) is 0 Å². The van der Waals surface area contributed by atoms with Gasteiger partial charge in [-0.25, -0.2) is 15.1 Å². The number of nitrogens with zero attached hydrogens (tertiary/aromatic N) is 5. The third-order valence-electron chi connectivity index (χ3n) is 3.23. The molecule has 3 rings (SSSR count). The van der Waals surface area contributed by atoms with Crippen LogP contribution in [-0.2, 0) is 0 Å². The van der Waals surface area contributed by atoms with Crippen molar-refractivity contribution in [2.24, 2.45) is 0 Å². The summed E-state index contributed by atoms with van der Waals surface area (Å²) in [5.41, 5.74) is 0.307. The number of anilines is 2. The molecule has 1 aliphatic heterocycles. The van der Waals surface area contributed by atoms with Crippen LogP contribution in [0.15, 0.2) is 29.5 Å². The lowest BCUT2D eigenvalue weighted by Gasteiger charge is -2.35. The predicted molar refractivity (Wildman–Crippen MR) is 76.3 cm³/mol. The van der Waals surface area contributed by atoms with Gasteiger partial charge in [0.2, 0.25) is 5.95 Å². The Morgan fingerprint density at radius 2 is 1.75 bits per heavy atom. The highest BCUT2D eigenvalue weighted by molar-refractivity contribution is 6.33. The molecule has 20 heavy (non-hydrogen) atoms. The Morgan fingerprint density at radius 1 is 1.10 bits per heavy atom. The molecular weight excluding hydrogens is 280 g/mol. The molecule has 0 radical (unpaired) electrons. The maximum absolute atomic E-state index is 11.5. The minimum absolute atomic E-state index is 0.185. The normalized spacial score (nSPS) is 15.4. The number of aromatic amines is 1. The molecule has 0 unspecified atom stereocenters. The lowest BCUT2D eigenvalue weighted by Crippen LogP contribution is -2.47. The van der Waals surface area contributed by atoms with Crippen LogP contribution >= 0.6 is 11.6 Å². The molecule has 1 N–H and O–H groups in total. The van der Waals surface area contributed by atoms with Gasteiger partial charge in [-0.15, -0.1) is 0 Å². The van der Waals surface area contributed by atoms with Gasteiger partial charge in [0.15, 0.2) is 0 Å². The second-order valence-electron chi connectivity index (χ2n) is 4.42. The number of nitrogens with one attached hydrogen (secondary N) is 1. The molecule has 7 nitrogen and oxygen atoms in total. The van der Waals surface area contributed by atoms with Crippen LogP contribution in [-0.4, -0.2) is 46.3 Å². The first-order valence-corrected chi connectivity index (χ1v) is 6.63. The molecule has 1 saturated heterocycles. The van der Waals surface area contributed by atoms with E-state index in [1.54, 1.807) is 24.7 Å². The van der Waals surface area contributed by atoms with E-state index < -0.39 is 0 Å². The Balaban J connectivity index is 1.73. The Hall–Kier alpha value is -2.15. The van der Waals surface area contributed by atoms with Crippen LogP contribution in [0.25, 0.3) is 0 Å². The van der Waals surface area contributed by atoms with Gasteiger partial charge >= 0.3 is 0 Å². The first kappa shape index (κ1) is 12.9. The molecule has 0 atom stereocenters. The van der Waals surface area contributed by atoms with Gasteiger partial charge < -0.3 is 9.80 Å².